The first kappa shape index (κ1) is 17.6. The number of hydrogen-bond donors (Lipinski definition) is 3. The van der Waals surface area contributed by atoms with E-state index in [1.165, 1.54) is 4.90 Å². The second kappa shape index (κ2) is 5.99. The summed E-state index contributed by atoms with van der Waals surface area (Å²) in [5, 5.41) is 15.3. The van der Waals surface area contributed by atoms with E-state index in [-0.39, 0.29) is 5.91 Å². The van der Waals surface area contributed by atoms with Gasteiger partial charge in [0, 0.05) is 43.8 Å². The van der Waals surface area contributed by atoms with Crippen LogP contribution in [0.15, 0.2) is 72.8 Å². The number of aliphatic hydroxyl groups excluding tert-OH is 1. The van der Waals surface area contributed by atoms with Gasteiger partial charge in [-0.05, 0) is 31.2 Å². The molecule has 0 aliphatic carbocycles. The average molecular weight is 417 g/mol. The molecule has 0 saturated heterocycles. The van der Waals surface area contributed by atoms with Gasteiger partial charge in [-0.1, -0.05) is 54.1 Å². The fourth-order valence-electron chi connectivity index (χ4n) is 5.26. The largest absolute Gasteiger partial charge is 0.369 e. The van der Waals surface area contributed by atoms with Crippen LogP contribution < -0.4 is 4.90 Å². The predicted octanol–water partition coefficient (Wildman–Crippen LogP) is 5.92. The van der Waals surface area contributed by atoms with Gasteiger partial charge in [0.1, 0.15) is 0 Å². The lowest BCUT2D eigenvalue weighted by Gasteiger charge is -2.21. The number of aromatic amines is 2. The number of hydrogen-bond acceptors (Lipinski definition) is 2. The minimum Gasteiger partial charge on any atom is -0.369 e. The van der Waals surface area contributed by atoms with E-state index >= 15 is 0 Å². The van der Waals surface area contributed by atoms with E-state index in [9.17, 15) is 9.90 Å². The topological polar surface area (TPSA) is 72.1 Å². The van der Waals surface area contributed by atoms with Crippen molar-refractivity contribution in [1.82, 2.24) is 9.97 Å². The fourth-order valence-corrected chi connectivity index (χ4v) is 5.26. The zero-order valence-electron chi connectivity index (χ0n) is 17.3. The summed E-state index contributed by atoms with van der Waals surface area (Å²) in [5.41, 5.74) is 6.77. The van der Waals surface area contributed by atoms with Gasteiger partial charge in [-0.2, -0.15) is 0 Å². The summed E-state index contributed by atoms with van der Waals surface area (Å²) in [6.07, 6.45) is -1.07. The Bertz CT molecular complexity index is 1720. The number of H-pyrrole nitrogens is 2. The van der Waals surface area contributed by atoms with Crippen molar-refractivity contribution in [3.63, 3.8) is 0 Å². The van der Waals surface area contributed by atoms with Crippen LogP contribution >= 0.6 is 0 Å². The molecule has 1 unspecified atom stereocenters. The van der Waals surface area contributed by atoms with Crippen LogP contribution in [0.4, 0.5) is 5.69 Å². The van der Waals surface area contributed by atoms with Gasteiger partial charge in [-0.15, -0.1) is 0 Å². The number of aryl methyl sites for hydroxylation is 1. The van der Waals surface area contributed by atoms with Crippen LogP contribution in [-0.2, 0) is 0 Å². The number of para-hydroxylation sites is 2. The number of fused-ring (bicyclic) bond motifs is 10. The lowest BCUT2D eigenvalue weighted by atomic mass is 9.96. The van der Waals surface area contributed by atoms with Crippen molar-refractivity contribution in [1.29, 1.82) is 0 Å². The quantitative estimate of drug-likeness (QED) is 0.311. The number of nitrogens with one attached hydrogen (secondary N) is 2. The smallest absolute Gasteiger partial charge is 0.261 e. The number of amides is 1. The molecule has 0 radical (unpaired) electrons. The SMILES string of the molecule is Cc1ccc(N2C(=O)c3c(c4c5ccccc5[nH]c4c4[nH]c5ccccc5c34)C2O)cc1. The number of benzene rings is 4. The molecule has 3 heterocycles. The number of anilines is 1. The van der Waals surface area contributed by atoms with Crippen LogP contribution in [0.2, 0.25) is 0 Å². The molecule has 5 nitrogen and oxygen atoms in total. The lowest BCUT2D eigenvalue weighted by molar-refractivity contribution is 0.0937. The van der Waals surface area contributed by atoms with Crippen molar-refractivity contribution >= 4 is 55.2 Å². The number of aromatic nitrogens is 2. The summed E-state index contributed by atoms with van der Waals surface area (Å²) in [6.45, 7) is 2.01. The molecule has 1 amide bonds. The number of carbonyl (C=O) groups excluding carboxylic acids is 1. The first-order valence-corrected chi connectivity index (χ1v) is 10.7. The summed E-state index contributed by atoms with van der Waals surface area (Å²) in [4.78, 5) is 22.5. The van der Waals surface area contributed by atoms with E-state index in [1.54, 1.807) is 0 Å². The Labute approximate surface area is 182 Å². The van der Waals surface area contributed by atoms with E-state index < -0.39 is 6.23 Å². The molecule has 3 N–H and O–H groups in total. The van der Waals surface area contributed by atoms with E-state index in [1.807, 2.05) is 79.7 Å². The van der Waals surface area contributed by atoms with Crippen LogP contribution in [0.3, 0.4) is 0 Å². The Balaban J connectivity index is 1.68. The first-order chi connectivity index (χ1) is 15.6. The van der Waals surface area contributed by atoms with Crippen molar-refractivity contribution in [3.8, 4) is 0 Å². The first-order valence-electron chi connectivity index (χ1n) is 10.7. The highest BCUT2D eigenvalue weighted by atomic mass is 16.3. The molecule has 154 valence electrons. The van der Waals surface area contributed by atoms with Crippen LogP contribution in [0, 0.1) is 6.92 Å². The third-order valence-electron chi connectivity index (χ3n) is 6.70. The molecule has 32 heavy (non-hydrogen) atoms. The maximum absolute atomic E-state index is 13.9. The molecule has 0 spiro atoms. The van der Waals surface area contributed by atoms with Gasteiger partial charge in [-0.25, -0.2) is 0 Å². The molecule has 2 aromatic heterocycles. The molecule has 1 aliphatic rings. The molecule has 5 heteroatoms. The normalized spacial score (nSPS) is 16.1. The minimum atomic E-state index is -1.07. The Morgan fingerprint density at radius 3 is 2.00 bits per heavy atom. The number of rotatable bonds is 1. The highest BCUT2D eigenvalue weighted by Gasteiger charge is 2.41. The molecule has 1 atom stereocenters. The van der Waals surface area contributed by atoms with Gasteiger partial charge in [-0.3, -0.25) is 9.69 Å². The van der Waals surface area contributed by atoms with Crippen molar-refractivity contribution in [2.45, 2.75) is 13.2 Å². The van der Waals surface area contributed by atoms with E-state index in [2.05, 4.69) is 9.97 Å². The average Bonchev–Trinajstić information content (AvgIpc) is 3.45. The maximum Gasteiger partial charge on any atom is 0.261 e. The highest BCUT2D eigenvalue weighted by Crippen LogP contribution is 2.48. The Hall–Kier alpha value is -4.09. The molecule has 0 fully saturated rings. The standard InChI is InChI=1S/C27H19N3O2/c1-14-10-12-15(13-11-14)30-26(31)22-20-16-6-2-4-8-18(16)28-24(20)25-21(23(22)27(30)32)17-7-3-5-9-19(17)29-25/h2-13,26,28-29,31H,1H3. The summed E-state index contributed by atoms with van der Waals surface area (Å²) in [7, 11) is 0. The monoisotopic (exact) mass is 417 g/mol. The molecular formula is C27H19N3O2. The number of nitrogens with zero attached hydrogens (tertiary/aromatic N) is 1. The van der Waals surface area contributed by atoms with E-state index in [4.69, 9.17) is 0 Å². The van der Waals surface area contributed by atoms with Crippen molar-refractivity contribution in [2.24, 2.45) is 0 Å². The number of carbonyl (C=O) groups is 1. The van der Waals surface area contributed by atoms with Crippen molar-refractivity contribution in [3.05, 3.63) is 89.5 Å². The molecule has 1 aliphatic heterocycles. The fraction of sp³-hybridized carbons (Fsp3) is 0.0741. The Morgan fingerprint density at radius 1 is 0.781 bits per heavy atom. The van der Waals surface area contributed by atoms with Crippen LogP contribution in [0.25, 0.3) is 43.6 Å². The van der Waals surface area contributed by atoms with Gasteiger partial charge in [0.15, 0.2) is 6.23 Å². The van der Waals surface area contributed by atoms with E-state index in [0.29, 0.717) is 16.8 Å². The summed E-state index contributed by atoms with van der Waals surface area (Å²) < 4.78 is 0. The minimum absolute atomic E-state index is 0.182. The molecule has 6 aromatic rings. The Morgan fingerprint density at radius 2 is 1.34 bits per heavy atom. The third-order valence-corrected chi connectivity index (χ3v) is 6.70. The molecule has 7 rings (SSSR count). The Kier molecular flexibility index (Phi) is 3.29. The summed E-state index contributed by atoms with van der Waals surface area (Å²) in [5.74, 6) is -0.182. The van der Waals surface area contributed by atoms with Crippen LogP contribution in [0.5, 0.6) is 0 Å². The zero-order chi connectivity index (χ0) is 21.6. The third kappa shape index (κ3) is 2.08. The summed E-state index contributed by atoms with van der Waals surface area (Å²) in [6, 6.07) is 23.7. The van der Waals surface area contributed by atoms with Crippen molar-refractivity contribution < 1.29 is 9.90 Å². The summed E-state index contributed by atoms with van der Waals surface area (Å²) >= 11 is 0. The van der Waals surface area contributed by atoms with Gasteiger partial charge < -0.3 is 15.1 Å². The van der Waals surface area contributed by atoms with Gasteiger partial charge in [0.25, 0.3) is 5.91 Å². The molecule has 0 saturated carbocycles. The highest BCUT2D eigenvalue weighted by molar-refractivity contribution is 6.32. The van der Waals surface area contributed by atoms with Crippen molar-refractivity contribution in [2.75, 3.05) is 4.90 Å². The van der Waals surface area contributed by atoms with E-state index in [0.717, 1.165) is 49.2 Å². The molecule has 4 aromatic carbocycles. The maximum atomic E-state index is 13.9. The van der Waals surface area contributed by atoms with Crippen LogP contribution in [0.1, 0.15) is 27.7 Å². The lowest BCUT2D eigenvalue weighted by Crippen LogP contribution is -2.27. The van der Waals surface area contributed by atoms with Gasteiger partial charge in [0.05, 0.1) is 16.6 Å². The number of aliphatic hydroxyl groups is 1. The van der Waals surface area contributed by atoms with Gasteiger partial charge >= 0.3 is 0 Å². The predicted molar refractivity (Wildman–Crippen MR) is 128 cm³/mol. The molecule has 0 bridgehead atoms. The van der Waals surface area contributed by atoms with Gasteiger partial charge in [0.2, 0.25) is 0 Å². The second-order valence-corrected chi connectivity index (χ2v) is 8.51. The zero-order valence-corrected chi connectivity index (χ0v) is 17.3. The second-order valence-electron chi connectivity index (χ2n) is 8.51. The van der Waals surface area contributed by atoms with Crippen LogP contribution in [-0.4, -0.2) is 21.0 Å². The molecular weight excluding hydrogens is 398 g/mol.